The second-order valence-electron chi connectivity index (χ2n) is 9.87. The number of hydrogen-bond donors (Lipinski definition) is 1. The van der Waals surface area contributed by atoms with Gasteiger partial charge in [0.05, 0.1) is 23.6 Å². The predicted molar refractivity (Wildman–Crippen MR) is 131 cm³/mol. The number of ether oxygens (including phenoxy) is 2. The quantitative estimate of drug-likeness (QED) is 0.609. The van der Waals surface area contributed by atoms with Crippen molar-refractivity contribution in [1.82, 2.24) is 5.32 Å². The van der Waals surface area contributed by atoms with Gasteiger partial charge in [-0.3, -0.25) is 4.79 Å². The minimum absolute atomic E-state index is 0.0261. The summed E-state index contributed by atoms with van der Waals surface area (Å²) >= 11 is 0. The molecule has 182 valence electrons. The topological polar surface area (TPSA) is 112 Å². The molecule has 0 aromatic heterocycles. The van der Waals surface area contributed by atoms with Crippen molar-refractivity contribution < 1.29 is 19.1 Å². The van der Waals surface area contributed by atoms with Crippen LogP contribution in [0.1, 0.15) is 51.2 Å². The predicted octanol–water partition coefficient (Wildman–Crippen LogP) is 4.94. The van der Waals surface area contributed by atoms with Gasteiger partial charge in [-0.25, -0.2) is 4.79 Å². The number of nitrogens with one attached hydrogen (secondary N) is 1. The second kappa shape index (κ2) is 11.2. The lowest BCUT2D eigenvalue weighted by molar-refractivity contribution is -0.130. The highest BCUT2D eigenvalue weighted by Crippen LogP contribution is 2.27. The maximum Gasteiger partial charge on any atom is 0.408 e. The van der Waals surface area contributed by atoms with E-state index in [2.05, 4.69) is 17.5 Å². The van der Waals surface area contributed by atoms with E-state index in [-0.39, 0.29) is 12.2 Å². The molecule has 1 fully saturated rings. The molecule has 0 radical (unpaired) electrons. The largest absolute Gasteiger partial charge is 0.444 e. The van der Waals surface area contributed by atoms with Gasteiger partial charge in [-0.1, -0.05) is 36.4 Å². The molecule has 1 atom stereocenters. The third-order valence-electron chi connectivity index (χ3n) is 6.00. The van der Waals surface area contributed by atoms with Gasteiger partial charge in [-0.15, -0.1) is 0 Å². The zero-order chi connectivity index (χ0) is 25.5. The highest BCUT2D eigenvalue weighted by molar-refractivity contribution is 5.92. The molecule has 1 saturated heterocycles. The molecule has 2 aromatic carbocycles. The number of carbonyl (C=O) groups is 2. The van der Waals surface area contributed by atoms with Crippen LogP contribution >= 0.6 is 0 Å². The van der Waals surface area contributed by atoms with Gasteiger partial charge in [0.2, 0.25) is 0 Å². The first-order valence-electron chi connectivity index (χ1n) is 11.8. The highest BCUT2D eigenvalue weighted by atomic mass is 16.6. The SMILES string of the molecule is CC(C)(C)OC(=O)NC1(C(=O)C[C@H](C#N)Cc2ccc(-c3cccc(C#N)c3)cc2)CCOCC1. The van der Waals surface area contributed by atoms with Gasteiger partial charge in [0, 0.05) is 32.5 Å². The van der Waals surface area contributed by atoms with Crippen LogP contribution in [-0.4, -0.2) is 36.2 Å². The fourth-order valence-electron chi connectivity index (χ4n) is 4.16. The molecule has 7 heteroatoms. The van der Waals surface area contributed by atoms with Gasteiger partial charge >= 0.3 is 6.09 Å². The number of Topliss-reactive ketones (excluding diaryl/α,β-unsaturated/α-hetero) is 1. The third kappa shape index (κ3) is 7.15. The number of rotatable bonds is 7. The monoisotopic (exact) mass is 473 g/mol. The summed E-state index contributed by atoms with van der Waals surface area (Å²) in [4.78, 5) is 25.8. The summed E-state index contributed by atoms with van der Waals surface area (Å²) in [5.41, 5.74) is 1.67. The Hall–Kier alpha value is -3.68. The lowest BCUT2D eigenvalue weighted by Crippen LogP contribution is -2.58. The Morgan fingerprint density at radius 2 is 1.77 bits per heavy atom. The van der Waals surface area contributed by atoms with Crippen molar-refractivity contribution in [2.75, 3.05) is 13.2 Å². The van der Waals surface area contributed by atoms with Crippen LogP contribution in [0.2, 0.25) is 0 Å². The molecule has 1 aliphatic rings. The summed E-state index contributed by atoms with van der Waals surface area (Å²) in [7, 11) is 0. The van der Waals surface area contributed by atoms with Gasteiger partial charge in [0.25, 0.3) is 0 Å². The van der Waals surface area contributed by atoms with E-state index in [1.807, 2.05) is 42.5 Å². The molecule has 35 heavy (non-hydrogen) atoms. The first-order valence-corrected chi connectivity index (χ1v) is 11.8. The number of ketones is 1. The van der Waals surface area contributed by atoms with E-state index in [0.29, 0.717) is 38.0 Å². The number of alkyl carbamates (subject to hydrolysis) is 1. The van der Waals surface area contributed by atoms with Gasteiger partial charge in [0.1, 0.15) is 11.1 Å². The van der Waals surface area contributed by atoms with Crippen LogP contribution in [0.4, 0.5) is 4.79 Å². The molecule has 1 amide bonds. The molecule has 7 nitrogen and oxygen atoms in total. The van der Waals surface area contributed by atoms with Crippen molar-refractivity contribution in [3.8, 4) is 23.3 Å². The maximum absolute atomic E-state index is 13.4. The van der Waals surface area contributed by atoms with Crippen molar-refractivity contribution in [3.63, 3.8) is 0 Å². The van der Waals surface area contributed by atoms with Crippen molar-refractivity contribution >= 4 is 11.9 Å². The number of amides is 1. The number of nitriles is 2. The molecule has 0 bridgehead atoms. The van der Waals surface area contributed by atoms with Crippen LogP contribution in [0.15, 0.2) is 48.5 Å². The normalized spacial score (nSPS) is 15.8. The summed E-state index contributed by atoms with van der Waals surface area (Å²) in [6.45, 7) is 6.01. The van der Waals surface area contributed by atoms with Gasteiger partial charge in [-0.2, -0.15) is 10.5 Å². The van der Waals surface area contributed by atoms with Crippen LogP contribution < -0.4 is 5.32 Å². The van der Waals surface area contributed by atoms with E-state index in [0.717, 1.165) is 16.7 Å². The molecule has 0 aliphatic carbocycles. The second-order valence-corrected chi connectivity index (χ2v) is 9.87. The molecule has 1 heterocycles. The lowest BCUT2D eigenvalue weighted by Gasteiger charge is -2.37. The van der Waals surface area contributed by atoms with Crippen molar-refractivity contribution in [2.24, 2.45) is 5.92 Å². The van der Waals surface area contributed by atoms with Crippen LogP contribution in [0, 0.1) is 28.6 Å². The Kier molecular flexibility index (Phi) is 8.27. The Labute approximate surface area is 206 Å². The van der Waals surface area contributed by atoms with E-state index < -0.39 is 23.2 Å². The Morgan fingerprint density at radius 3 is 2.37 bits per heavy atom. The van der Waals surface area contributed by atoms with Gasteiger partial charge in [-0.05, 0) is 56.0 Å². The molecular formula is C28H31N3O4. The summed E-state index contributed by atoms with van der Waals surface area (Å²) in [6, 6.07) is 19.6. The molecule has 1 N–H and O–H groups in total. The highest BCUT2D eigenvalue weighted by Gasteiger charge is 2.42. The van der Waals surface area contributed by atoms with Gasteiger partial charge < -0.3 is 14.8 Å². The number of nitrogens with zero attached hydrogens (tertiary/aromatic N) is 2. The number of carbonyl (C=O) groups excluding carboxylic acids is 2. The van der Waals surface area contributed by atoms with E-state index in [9.17, 15) is 14.9 Å². The summed E-state index contributed by atoms with van der Waals surface area (Å²) < 4.78 is 10.8. The van der Waals surface area contributed by atoms with Crippen molar-refractivity contribution in [3.05, 3.63) is 59.7 Å². The molecule has 3 rings (SSSR count). The van der Waals surface area contributed by atoms with Crippen LogP contribution in [-0.2, 0) is 20.7 Å². The van der Waals surface area contributed by atoms with Crippen molar-refractivity contribution in [2.45, 2.75) is 57.6 Å². The van der Waals surface area contributed by atoms with Crippen LogP contribution in [0.5, 0.6) is 0 Å². The van der Waals surface area contributed by atoms with E-state index in [4.69, 9.17) is 14.7 Å². The van der Waals surface area contributed by atoms with Crippen LogP contribution in [0.3, 0.4) is 0 Å². The Morgan fingerprint density at radius 1 is 1.09 bits per heavy atom. The molecule has 0 spiro atoms. The Bertz CT molecular complexity index is 1130. The zero-order valence-electron chi connectivity index (χ0n) is 20.5. The fourth-order valence-corrected chi connectivity index (χ4v) is 4.16. The third-order valence-corrected chi connectivity index (χ3v) is 6.00. The zero-order valence-corrected chi connectivity index (χ0v) is 20.5. The summed E-state index contributed by atoms with van der Waals surface area (Å²) in [6.07, 6.45) is 0.495. The summed E-state index contributed by atoms with van der Waals surface area (Å²) in [5, 5.41) is 21.7. The van der Waals surface area contributed by atoms with E-state index >= 15 is 0 Å². The van der Waals surface area contributed by atoms with E-state index in [1.165, 1.54) is 0 Å². The smallest absolute Gasteiger partial charge is 0.408 e. The minimum Gasteiger partial charge on any atom is -0.444 e. The average Bonchev–Trinajstić information content (AvgIpc) is 2.83. The molecule has 1 aliphatic heterocycles. The van der Waals surface area contributed by atoms with Gasteiger partial charge in [0.15, 0.2) is 5.78 Å². The minimum atomic E-state index is -1.09. The molecular weight excluding hydrogens is 442 g/mol. The van der Waals surface area contributed by atoms with E-state index in [1.54, 1.807) is 26.8 Å². The fraction of sp³-hybridized carbons (Fsp3) is 0.429. The first kappa shape index (κ1) is 25.9. The average molecular weight is 474 g/mol. The standard InChI is InChI=1S/C28H31N3O4/c1-27(2,3)35-26(33)31-28(11-13-34-14-12-28)25(32)17-22(19-30)15-20-7-9-23(10-8-20)24-6-4-5-21(16-24)18-29/h4-10,16,22H,11-15,17H2,1-3H3,(H,31,33)/t22-/m1/s1. The van der Waals surface area contributed by atoms with Crippen molar-refractivity contribution in [1.29, 1.82) is 10.5 Å². The maximum atomic E-state index is 13.4. The number of hydrogen-bond acceptors (Lipinski definition) is 6. The molecule has 0 unspecified atom stereocenters. The summed E-state index contributed by atoms with van der Waals surface area (Å²) in [5.74, 6) is -0.710. The van der Waals surface area contributed by atoms with Crippen LogP contribution in [0.25, 0.3) is 11.1 Å². The Balaban J connectivity index is 1.69. The molecule has 0 saturated carbocycles. The first-order chi connectivity index (χ1) is 16.6. The molecule has 2 aromatic rings. The lowest BCUT2D eigenvalue weighted by atomic mass is 9.80. The number of benzene rings is 2.